The van der Waals surface area contributed by atoms with E-state index in [4.69, 9.17) is 4.74 Å². The van der Waals surface area contributed by atoms with Crippen molar-refractivity contribution in [1.82, 2.24) is 0 Å². The molecule has 3 aliphatic rings. The number of ether oxygens (including phenoxy) is 1. The van der Waals surface area contributed by atoms with Gasteiger partial charge in [-0.25, -0.2) is 0 Å². The fourth-order valence-electron chi connectivity index (χ4n) is 11.4. The van der Waals surface area contributed by atoms with Crippen molar-refractivity contribution in [3.05, 3.63) is 183 Å². The van der Waals surface area contributed by atoms with Gasteiger partial charge in [-0.05, 0) is 147 Å². The van der Waals surface area contributed by atoms with Gasteiger partial charge in [-0.3, -0.25) is 33.6 Å². The van der Waals surface area contributed by atoms with E-state index in [0.717, 1.165) is 161 Å². The number of unbranched alkanes of at least 4 members (excludes halogenated alkanes) is 6. The SMILES string of the molecule is C=C1c2cc(C(=O)CCCC)ccc2-c2ccc(C(=O)CCCC)cc21.CCCCC(=O)c1ccc2c(c1)C(CO)c1cc(C(=O)CCCC)ccc1-2.CCCCC(=O)c1ccc2c(c1)C(COC(C)=O)c1cc(C(=O)CCCC)ccc1-2. The lowest BCUT2D eigenvalue weighted by molar-refractivity contribution is -0.141. The molecule has 0 aromatic heterocycles. The van der Waals surface area contributed by atoms with Gasteiger partial charge in [0.25, 0.3) is 0 Å². The van der Waals surface area contributed by atoms with Crippen molar-refractivity contribution in [3.63, 3.8) is 0 Å². The molecule has 6 aromatic carbocycles. The molecular weight excluding hydrogens is 1030 g/mol. The number of carbonyl (C=O) groups is 7. The summed E-state index contributed by atoms with van der Waals surface area (Å²) in [6.07, 6.45) is 14.7. The summed E-state index contributed by atoms with van der Waals surface area (Å²) in [5, 5.41) is 10.0. The number of aliphatic hydroxyl groups is 1. The molecule has 0 amide bonds. The molecule has 6 aromatic rings. The Kier molecular flexibility index (Phi) is 22.9. The van der Waals surface area contributed by atoms with E-state index in [0.29, 0.717) is 60.8 Å². The number of rotatable bonds is 27. The molecule has 3 aliphatic carbocycles. The van der Waals surface area contributed by atoms with Crippen LogP contribution in [0.3, 0.4) is 0 Å². The number of hydrogen-bond acceptors (Lipinski definition) is 9. The topological polar surface area (TPSA) is 149 Å². The normalized spacial score (nSPS) is 12.4. The first-order valence-electron chi connectivity index (χ1n) is 30.6. The molecule has 0 radical (unpaired) electrons. The van der Waals surface area contributed by atoms with Gasteiger partial charge >= 0.3 is 5.97 Å². The summed E-state index contributed by atoms with van der Waals surface area (Å²) in [4.78, 5) is 86.1. The number of fused-ring (bicyclic) bond motifs is 9. The highest BCUT2D eigenvalue weighted by molar-refractivity contribution is 6.07. The van der Waals surface area contributed by atoms with E-state index >= 15 is 0 Å². The molecule has 0 heterocycles. The summed E-state index contributed by atoms with van der Waals surface area (Å²) >= 11 is 0. The van der Waals surface area contributed by atoms with Crippen LogP contribution >= 0.6 is 0 Å². The minimum absolute atomic E-state index is 0.0286. The fourth-order valence-corrected chi connectivity index (χ4v) is 11.4. The van der Waals surface area contributed by atoms with Crippen LogP contribution in [0.2, 0.25) is 0 Å². The first-order chi connectivity index (χ1) is 40.1. The predicted molar refractivity (Wildman–Crippen MR) is 334 cm³/mol. The van der Waals surface area contributed by atoms with E-state index in [1.807, 2.05) is 109 Å². The molecule has 0 saturated carbocycles. The lowest BCUT2D eigenvalue weighted by atomic mass is 9.93. The van der Waals surface area contributed by atoms with Crippen LogP contribution in [0.25, 0.3) is 39.0 Å². The first kappa shape index (κ1) is 63.1. The second-order valence-corrected chi connectivity index (χ2v) is 22.5. The van der Waals surface area contributed by atoms with Crippen LogP contribution in [0.15, 0.2) is 116 Å². The minimum atomic E-state index is -0.338. The summed E-state index contributed by atoms with van der Waals surface area (Å²) in [6.45, 7) is 18.3. The lowest BCUT2D eigenvalue weighted by Gasteiger charge is -2.15. The maximum Gasteiger partial charge on any atom is 0.302 e. The molecule has 9 nitrogen and oxygen atoms in total. The van der Waals surface area contributed by atoms with Gasteiger partial charge in [0.15, 0.2) is 34.7 Å². The van der Waals surface area contributed by atoms with Crippen LogP contribution < -0.4 is 0 Å². The third-order valence-electron chi connectivity index (χ3n) is 16.4. The largest absolute Gasteiger partial charge is 0.465 e. The van der Waals surface area contributed by atoms with Crippen LogP contribution in [-0.2, 0) is 9.53 Å². The van der Waals surface area contributed by atoms with Crippen molar-refractivity contribution in [2.75, 3.05) is 13.2 Å². The summed E-state index contributed by atoms with van der Waals surface area (Å²) in [6, 6.07) is 35.1. The van der Waals surface area contributed by atoms with Crippen LogP contribution in [0.5, 0.6) is 0 Å². The van der Waals surface area contributed by atoms with Gasteiger partial charge in [0, 0.05) is 90.7 Å². The molecule has 0 saturated heterocycles. The van der Waals surface area contributed by atoms with Crippen molar-refractivity contribution in [3.8, 4) is 33.4 Å². The highest BCUT2D eigenvalue weighted by Gasteiger charge is 2.33. The molecular formula is C74H84O9. The van der Waals surface area contributed by atoms with E-state index in [9.17, 15) is 38.7 Å². The van der Waals surface area contributed by atoms with Crippen molar-refractivity contribution < 1.29 is 43.4 Å². The zero-order chi connectivity index (χ0) is 59.7. The molecule has 0 aliphatic heterocycles. The van der Waals surface area contributed by atoms with E-state index in [2.05, 4.69) is 48.1 Å². The second kappa shape index (κ2) is 30.2. The van der Waals surface area contributed by atoms with Gasteiger partial charge < -0.3 is 9.84 Å². The van der Waals surface area contributed by atoms with Crippen LogP contribution in [0.4, 0.5) is 0 Å². The zero-order valence-corrected chi connectivity index (χ0v) is 50.1. The Morgan fingerprint density at radius 2 is 0.602 bits per heavy atom. The van der Waals surface area contributed by atoms with E-state index in [1.54, 1.807) is 0 Å². The molecule has 434 valence electrons. The maximum atomic E-state index is 12.6. The third kappa shape index (κ3) is 15.0. The van der Waals surface area contributed by atoms with Crippen molar-refractivity contribution in [2.45, 2.75) is 176 Å². The average molecular weight is 1120 g/mol. The Bertz CT molecular complexity index is 3180. The van der Waals surface area contributed by atoms with E-state index in [1.165, 1.54) is 6.92 Å². The van der Waals surface area contributed by atoms with Gasteiger partial charge in [-0.1, -0.05) is 159 Å². The second-order valence-electron chi connectivity index (χ2n) is 22.5. The Hall–Kier alpha value is -7.49. The number of carbonyl (C=O) groups excluding carboxylic acids is 7. The van der Waals surface area contributed by atoms with Crippen LogP contribution in [0, 0.1) is 0 Å². The minimum Gasteiger partial charge on any atom is -0.465 e. The summed E-state index contributed by atoms with van der Waals surface area (Å²) in [5.41, 5.74) is 17.6. The molecule has 0 atom stereocenters. The monoisotopic (exact) mass is 1120 g/mol. The molecule has 0 unspecified atom stereocenters. The van der Waals surface area contributed by atoms with Crippen molar-refractivity contribution in [2.24, 2.45) is 0 Å². The molecule has 0 spiro atoms. The quantitative estimate of drug-likeness (QED) is 0.0392. The van der Waals surface area contributed by atoms with Gasteiger partial charge in [-0.2, -0.15) is 0 Å². The lowest BCUT2D eigenvalue weighted by Crippen LogP contribution is -2.11. The van der Waals surface area contributed by atoms with Crippen molar-refractivity contribution >= 4 is 46.2 Å². The first-order valence-corrected chi connectivity index (χ1v) is 30.6. The number of benzene rings is 6. The van der Waals surface area contributed by atoms with Gasteiger partial charge in [-0.15, -0.1) is 0 Å². The number of esters is 1. The number of ketones is 6. The Morgan fingerprint density at radius 1 is 0.361 bits per heavy atom. The van der Waals surface area contributed by atoms with Crippen LogP contribution in [0.1, 0.15) is 271 Å². The van der Waals surface area contributed by atoms with E-state index < -0.39 is 0 Å². The average Bonchev–Trinajstić information content (AvgIpc) is 3.89. The zero-order valence-electron chi connectivity index (χ0n) is 50.1. The Labute approximate surface area is 492 Å². The standard InChI is InChI=1S/C26H30O4.C24H28O3.C24H26O2/c1-4-6-8-25(28)18-10-12-20-21-13-11-19(26(29)9-7-5-2)15-23(21)24(22(20)14-18)16-30-17(3)27;1-3-5-7-23(26)16-9-11-18-19-12-10-17(24(27)8-6-4-2)14-21(19)22(15-25)20(18)13-16;1-4-6-8-23(25)17-10-12-19-20-13-11-18(24(26)9-7-5-2)15-22(20)16(3)21(19)14-17/h10-15,24H,4-9,16H2,1-3H3;9-14,22,25H,3-8,15H2,1-2H3;10-15H,3-9H2,1-2H3. The molecule has 0 bridgehead atoms. The molecule has 9 rings (SSSR count). The van der Waals surface area contributed by atoms with Crippen LogP contribution in [-0.4, -0.2) is 59.0 Å². The Morgan fingerprint density at radius 3 is 0.843 bits per heavy atom. The predicted octanol–water partition coefficient (Wildman–Crippen LogP) is 18.1. The number of hydrogen-bond donors (Lipinski definition) is 1. The van der Waals surface area contributed by atoms with Crippen molar-refractivity contribution in [1.29, 1.82) is 0 Å². The van der Waals surface area contributed by atoms with Gasteiger partial charge in [0.05, 0.1) is 6.61 Å². The Balaban J connectivity index is 0.000000179. The summed E-state index contributed by atoms with van der Waals surface area (Å²) in [5.74, 6) is 0.280. The van der Waals surface area contributed by atoms with Gasteiger partial charge in [0.2, 0.25) is 0 Å². The highest BCUT2D eigenvalue weighted by Crippen LogP contribution is 2.48. The maximum absolute atomic E-state index is 12.6. The summed E-state index contributed by atoms with van der Waals surface area (Å²) in [7, 11) is 0. The molecule has 1 N–H and O–H groups in total. The fraction of sp³-hybridized carbons (Fsp3) is 0.392. The smallest absolute Gasteiger partial charge is 0.302 e. The third-order valence-corrected chi connectivity index (χ3v) is 16.4. The molecule has 9 heteroatoms. The molecule has 0 fully saturated rings. The number of Topliss-reactive ketones (excluding diaryl/α,β-unsaturated/α-hetero) is 6. The van der Waals surface area contributed by atoms with E-state index in [-0.39, 0.29) is 65.7 Å². The van der Waals surface area contributed by atoms with Gasteiger partial charge in [0.1, 0.15) is 6.61 Å². The number of aliphatic hydroxyl groups excluding tert-OH is 1. The molecule has 83 heavy (non-hydrogen) atoms. The highest BCUT2D eigenvalue weighted by atomic mass is 16.5. The summed E-state index contributed by atoms with van der Waals surface area (Å²) < 4.78 is 5.36.